The van der Waals surface area contributed by atoms with Gasteiger partial charge in [0.05, 0.1) is 6.54 Å². The van der Waals surface area contributed by atoms with Crippen molar-refractivity contribution < 1.29 is 18.0 Å². The Morgan fingerprint density at radius 3 is 2.40 bits per heavy atom. The van der Waals surface area contributed by atoms with E-state index in [4.69, 9.17) is 0 Å². The van der Waals surface area contributed by atoms with Gasteiger partial charge in [-0.2, -0.15) is 12.7 Å². The third kappa shape index (κ3) is 3.55. The van der Waals surface area contributed by atoms with E-state index in [2.05, 4.69) is 5.32 Å². The van der Waals surface area contributed by atoms with Crippen molar-refractivity contribution in [2.75, 3.05) is 6.54 Å². The smallest absolute Gasteiger partial charge is 0.304 e. The van der Waals surface area contributed by atoms with Gasteiger partial charge in [-0.3, -0.25) is 9.59 Å². The molecule has 1 heterocycles. The van der Waals surface area contributed by atoms with Crippen LogP contribution in [-0.2, 0) is 32.9 Å². The molecule has 0 aromatic heterocycles. The minimum Gasteiger partial charge on any atom is -0.352 e. The molecule has 108 valence electrons. The second-order valence-corrected chi connectivity index (χ2v) is 6.20. The van der Waals surface area contributed by atoms with Crippen LogP contribution in [0.25, 0.3) is 0 Å². The number of hydrogen-bond acceptors (Lipinski definition) is 4. The van der Waals surface area contributed by atoms with E-state index in [1.54, 1.807) is 12.1 Å². The molecule has 0 aliphatic carbocycles. The van der Waals surface area contributed by atoms with Crippen molar-refractivity contribution in [3.05, 3.63) is 35.4 Å². The summed E-state index contributed by atoms with van der Waals surface area (Å²) in [4.78, 5) is 21.9. The molecule has 1 saturated heterocycles. The molecule has 1 aliphatic heterocycles. The second-order valence-electron chi connectivity index (χ2n) is 4.52. The molecule has 7 nitrogen and oxygen atoms in total. The quantitative estimate of drug-likeness (QED) is 0.783. The zero-order chi connectivity index (χ0) is 14.8. The normalized spacial score (nSPS) is 17.8. The second kappa shape index (κ2) is 5.59. The summed E-state index contributed by atoms with van der Waals surface area (Å²) in [6, 6.07) is 7.16. The zero-order valence-electron chi connectivity index (χ0n) is 10.9. The SMILES string of the molecule is CC(=O)NCc1ccc(CN2CC(=O)NS2(=O)=O)cc1. The Hall–Kier alpha value is -1.93. The van der Waals surface area contributed by atoms with Gasteiger partial charge in [0.1, 0.15) is 0 Å². The number of benzene rings is 1. The molecule has 1 aromatic rings. The van der Waals surface area contributed by atoms with E-state index in [1.165, 1.54) is 6.92 Å². The third-order valence-electron chi connectivity index (χ3n) is 2.83. The lowest BCUT2D eigenvalue weighted by atomic mass is 10.1. The molecular formula is C12H15N3O4S. The number of amides is 2. The lowest BCUT2D eigenvalue weighted by molar-refractivity contribution is -0.119. The van der Waals surface area contributed by atoms with Crippen molar-refractivity contribution in [2.24, 2.45) is 0 Å². The predicted molar refractivity (Wildman–Crippen MR) is 71.4 cm³/mol. The Morgan fingerprint density at radius 1 is 1.30 bits per heavy atom. The van der Waals surface area contributed by atoms with Gasteiger partial charge in [0, 0.05) is 20.0 Å². The molecule has 8 heteroatoms. The summed E-state index contributed by atoms with van der Waals surface area (Å²) in [5.74, 6) is -0.630. The zero-order valence-corrected chi connectivity index (χ0v) is 11.7. The molecule has 0 bridgehead atoms. The fraction of sp³-hybridized carbons (Fsp3) is 0.333. The van der Waals surface area contributed by atoms with E-state index in [0.717, 1.165) is 15.4 Å². The maximum absolute atomic E-state index is 11.6. The van der Waals surface area contributed by atoms with Gasteiger partial charge in [-0.25, -0.2) is 4.72 Å². The van der Waals surface area contributed by atoms with Crippen molar-refractivity contribution >= 4 is 22.0 Å². The highest BCUT2D eigenvalue weighted by Gasteiger charge is 2.33. The maximum atomic E-state index is 11.6. The lowest BCUT2D eigenvalue weighted by Gasteiger charge is -2.12. The van der Waals surface area contributed by atoms with E-state index in [9.17, 15) is 18.0 Å². The molecule has 1 aromatic carbocycles. The molecule has 0 radical (unpaired) electrons. The summed E-state index contributed by atoms with van der Waals surface area (Å²) in [7, 11) is -3.69. The van der Waals surface area contributed by atoms with E-state index < -0.39 is 16.1 Å². The largest absolute Gasteiger partial charge is 0.352 e. The predicted octanol–water partition coefficient (Wildman–Crippen LogP) is -0.501. The van der Waals surface area contributed by atoms with Crippen molar-refractivity contribution in [3.8, 4) is 0 Å². The Balaban J connectivity index is 2.01. The number of carbonyl (C=O) groups is 2. The minimum absolute atomic E-state index is 0.109. The van der Waals surface area contributed by atoms with Gasteiger partial charge in [0.25, 0.3) is 0 Å². The molecule has 20 heavy (non-hydrogen) atoms. The standard InChI is InChI=1S/C12H15N3O4S/c1-9(16)13-6-10-2-4-11(5-3-10)7-15-8-12(17)14-20(15,18)19/h2-5H,6-8H2,1H3,(H,13,16)(H,14,17). The Labute approximate surface area is 117 Å². The Kier molecular flexibility index (Phi) is 4.05. The minimum atomic E-state index is -3.69. The molecule has 0 atom stereocenters. The topological polar surface area (TPSA) is 95.6 Å². The summed E-state index contributed by atoms with van der Waals surface area (Å²) in [5.41, 5.74) is 1.69. The number of nitrogens with zero attached hydrogens (tertiary/aromatic N) is 1. The van der Waals surface area contributed by atoms with Gasteiger partial charge < -0.3 is 5.32 Å². The number of rotatable bonds is 4. The highest BCUT2D eigenvalue weighted by atomic mass is 32.2. The molecule has 2 N–H and O–H groups in total. The van der Waals surface area contributed by atoms with Crippen LogP contribution in [-0.4, -0.2) is 31.1 Å². The van der Waals surface area contributed by atoms with Crippen LogP contribution in [0.1, 0.15) is 18.1 Å². The van der Waals surface area contributed by atoms with E-state index in [0.29, 0.717) is 6.54 Å². The monoisotopic (exact) mass is 297 g/mol. The van der Waals surface area contributed by atoms with Crippen molar-refractivity contribution in [3.63, 3.8) is 0 Å². The van der Waals surface area contributed by atoms with Gasteiger partial charge in [0.15, 0.2) is 0 Å². The van der Waals surface area contributed by atoms with Gasteiger partial charge in [-0.1, -0.05) is 24.3 Å². The summed E-state index contributed by atoms with van der Waals surface area (Å²) in [5, 5.41) is 2.67. The highest BCUT2D eigenvalue weighted by Crippen LogP contribution is 2.13. The van der Waals surface area contributed by atoms with Gasteiger partial charge >= 0.3 is 10.2 Å². The highest BCUT2D eigenvalue weighted by molar-refractivity contribution is 7.88. The van der Waals surface area contributed by atoms with Crippen LogP contribution in [0.15, 0.2) is 24.3 Å². The number of nitrogens with one attached hydrogen (secondary N) is 2. The van der Waals surface area contributed by atoms with Crippen LogP contribution in [0.3, 0.4) is 0 Å². The van der Waals surface area contributed by atoms with E-state index in [1.807, 2.05) is 16.9 Å². The van der Waals surface area contributed by atoms with Crippen LogP contribution in [0.5, 0.6) is 0 Å². The molecule has 2 rings (SSSR count). The molecule has 0 saturated carbocycles. The fourth-order valence-electron chi connectivity index (χ4n) is 1.82. The first-order chi connectivity index (χ1) is 9.37. The van der Waals surface area contributed by atoms with Crippen molar-refractivity contribution in [1.29, 1.82) is 0 Å². The van der Waals surface area contributed by atoms with E-state index in [-0.39, 0.29) is 19.0 Å². The van der Waals surface area contributed by atoms with Crippen molar-refractivity contribution in [2.45, 2.75) is 20.0 Å². The first-order valence-electron chi connectivity index (χ1n) is 6.00. The molecule has 1 fully saturated rings. The van der Waals surface area contributed by atoms with Gasteiger partial charge in [-0.15, -0.1) is 0 Å². The first kappa shape index (κ1) is 14.5. The van der Waals surface area contributed by atoms with Crippen LogP contribution < -0.4 is 10.0 Å². The fourth-order valence-corrected chi connectivity index (χ4v) is 2.91. The Bertz CT molecular complexity index is 625. The summed E-state index contributed by atoms with van der Waals surface area (Å²) < 4.78 is 26.1. The summed E-state index contributed by atoms with van der Waals surface area (Å²) in [6.07, 6.45) is 0. The van der Waals surface area contributed by atoms with Gasteiger partial charge in [-0.05, 0) is 11.1 Å². The Morgan fingerprint density at radius 2 is 1.90 bits per heavy atom. The maximum Gasteiger partial charge on any atom is 0.304 e. The van der Waals surface area contributed by atoms with Crippen LogP contribution in [0, 0.1) is 0 Å². The molecule has 0 unspecified atom stereocenters. The van der Waals surface area contributed by atoms with Gasteiger partial charge in [0.2, 0.25) is 11.8 Å². The summed E-state index contributed by atoms with van der Waals surface area (Å²) in [6.45, 7) is 1.85. The van der Waals surface area contributed by atoms with Crippen LogP contribution >= 0.6 is 0 Å². The number of carbonyl (C=O) groups excluding carboxylic acids is 2. The molecular weight excluding hydrogens is 282 g/mol. The van der Waals surface area contributed by atoms with Crippen LogP contribution in [0.4, 0.5) is 0 Å². The summed E-state index contributed by atoms with van der Waals surface area (Å²) >= 11 is 0. The van der Waals surface area contributed by atoms with Crippen LogP contribution in [0.2, 0.25) is 0 Å². The third-order valence-corrected chi connectivity index (χ3v) is 4.25. The van der Waals surface area contributed by atoms with E-state index >= 15 is 0 Å². The average Bonchev–Trinajstić information content (AvgIpc) is 2.61. The molecule has 1 aliphatic rings. The van der Waals surface area contributed by atoms with Crippen molar-refractivity contribution in [1.82, 2.24) is 14.3 Å². The lowest BCUT2D eigenvalue weighted by Crippen LogP contribution is -2.29. The first-order valence-corrected chi connectivity index (χ1v) is 7.44. The molecule has 0 spiro atoms. The number of hydrogen-bond donors (Lipinski definition) is 2. The molecule has 2 amide bonds. The average molecular weight is 297 g/mol.